The van der Waals surface area contributed by atoms with Crippen molar-refractivity contribution in [2.24, 2.45) is 5.73 Å². The first-order valence-electron chi connectivity index (χ1n) is 6.88. The third kappa shape index (κ3) is 3.23. The second kappa shape index (κ2) is 6.20. The Morgan fingerprint density at radius 2 is 1.90 bits per heavy atom. The number of hydrogen-bond donors (Lipinski definition) is 1. The highest BCUT2D eigenvalue weighted by atomic mass is 35.5. The summed E-state index contributed by atoms with van der Waals surface area (Å²) < 4.78 is 27.3. The molecule has 1 aliphatic rings. The smallest absolute Gasteiger partial charge is 0.243 e. The summed E-state index contributed by atoms with van der Waals surface area (Å²) in [5, 5.41) is 0.265. The molecule has 2 atom stereocenters. The maximum absolute atomic E-state index is 12.8. The van der Waals surface area contributed by atoms with Gasteiger partial charge in [-0.15, -0.1) is 0 Å². The van der Waals surface area contributed by atoms with Gasteiger partial charge in [0.05, 0.1) is 9.92 Å². The number of nitrogens with zero attached hydrogens (tertiary/aromatic N) is 1. The molecular weight excluding hydrogens is 328 g/mol. The van der Waals surface area contributed by atoms with Gasteiger partial charge in [-0.05, 0) is 44.9 Å². The van der Waals surface area contributed by atoms with Crippen molar-refractivity contribution in [3.05, 3.63) is 28.8 Å². The predicted octanol–water partition coefficient (Wildman–Crippen LogP) is 2.93. The Kier molecular flexibility index (Phi) is 4.92. The van der Waals surface area contributed by atoms with Crippen LogP contribution in [0.4, 0.5) is 0 Å². The Morgan fingerprint density at radius 1 is 1.33 bits per heavy atom. The van der Waals surface area contributed by atoms with Crippen molar-refractivity contribution >= 4 is 38.8 Å². The second-order valence-electron chi connectivity index (χ2n) is 5.47. The number of sulfonamides is 1. The van der Waals surface area contributed by atoms with Crippen molar-refractivity contribution in [1.82, 2.24) is 4.31 Å². The lowest BCUT2D eigenvalue weighted by molar-refractivity contribution is 0.204. The summed E-state index contributed by atoms with van der Waals surface area (Å²) in [6, 6.07) is 4.50. The minimum Gasteiger partial charge on any atom is -0.389 e. The maximum atomic E-state index is 12.8. The van der Waals surface area contributed by atoms with Crippen molar-refractivity contribution in [2.75, 3.05) is 0 Å². The summed E-state index contributed by atoms with van der Waals surface area (Å²) in [6.45, 7) is 3.89. The fourth-order valence-electron chi connectivity index (χ4n) is 2.85. The van der Waals surface area contributed by atoms with Crippen LogP contribution in [-0.2, 0) is 10.0 Å². The SMILES string of the molecule is C[C@@H]1CCC[C@H](C)N1S(=O)(=O)c1ccc(C(N)=S)c(Cl)c1. The number of nitrogens with two attached hydrogens (primary N) is 1. The predicted molar refractivity (Wildman–Crippen MR) is 89.1 cm³/mol. The molecule has 1 aliphatic heterocycles. The number of rotatable bonds is 3. The summed E-state index contributed by atoms with van der Waals surface area (Å²) in [4.78, 5) is 0.344. The number of hydrogen-bond acceptors (Lipinski definition) is 3. The van der Waals surface area contributed by atoms with Crippen LogP contribution in [0.5, 0.6) is 0 Å². The van der Waals surface area contributed by atoms with E-state index in [1.165, 1.54) is 12.1 Å². The highest BCUT2D eigenvalue weighted by Crippen LogP contribution is 2.31. The summed E-state index contributed by atoms with van der Waals surface area (Å²) >= 11 is 11.0. The Morgan fingerprint density at radius 3 is 2.38 bits per heavy atom. The van der Waals surface area contributed by atoms with Gasteiger partial charge in [0.1, 0.15) is 4.99 Å². The monoisotopic (exact) mass is 346 g/mol. The first-order valence-corrected chi connectivity index (χ1v) is 9.10. The highest BCUT2D eigenvalue weighted by Gasteiger charge is 2.35. The van der Waals surface area contributed by atoms with Gasteiger partial charge in [0.25, 0.3) is 0 Å². The van der Waals surface area contributed by atoms with Gasteiger partial charge in [-0.2, -0.15) is 4.31 Å². The van der Waals surface area contributed by atoms with Gasteiger partial charge in [0, 0.05) is 17.6 Å². The average molecular weight is 347 g/mol. The molecule has 1 aromatic rings. The molecule has 4 nitrogen and oxygen atoms in total. The van der Waals surface area contributed by atoms with Crippen LogP contribution < -0.4 is 5.73 Å². The van der Waals surface area contributed by atoms with Gasteiger partial charge in [-0.3, -0.25) is 0 Å². The van der Waals surface area contributed by atoms with Crippen LogP contribution in [0.25, 0.3) is 0 Å². The van der Waals surface area contributed by atoms with E-state index in [9.17, 15) is 8.42 Å². The molecule has 0 unspecified atom stereocenters. The zero-order valence-electron chi connectivity index (χ0n) is 12.0. The van der Waals surface area contributed by atoms with Gasteiger partial charge in [0.15, 0.2) is 0 Å². The fraction of sp³-hybridized carbons (Fsp3) is 0.500. The van der Waals surface area contributed by atoms with Crippen molar-refractivity contribution in [2.45, 2.75) is 50.1 Å². The lowest BCUT2D eigenvalue weighted by atomic mass is 10.0. The molecule has 0 spiro atoms. The van der Waals surface area contributed by atoms with E-state index in [0.29, 0.717) is 5.56 Å². The van der Waals surface area contributed by atoms with Crippen LogP contribution in [0.3, 0.4) is 0 Å². The molecule has 1 heterocycles. The summed E-state index contributed by atoms with van der Waals surface area (Å²) in [5.74, 6) is 0. The maximum Gasteiger partial charge on any atom is 0.243 e. The number of halogens is 1. The number of piperidine rings is 1. The summed E-state index contributed by atoms with van der Waals surface area (Å²) in [5.41, 5.74) is 6.04. The van der Waals surface area contributed by atoms with Gasteiger partial charge < -0.3 is 5.73 Å². The van der Waals surface area contributed by atoms with Crippen molar-refractivity contribution in [1.29, 1.82) is 0 Å². The molecule has 0 aromatic heterocycles. The Hall–Kier alpha value is -0.690. The third-order valence-corrected chi connectivity index (χ3v) is 6.55. The molecule has 21 heavy (non-hydrogen) atoms. The first kappa shape index (κ1) is 16.7. The van der Waals surface area contributed by atoms with Crippen LogP contribution >= 0.6 is 23.8 Å². The quantitative estimate of drug-likeness (QED) is 0.855. The minimum atomic E-state index is -3.56. The Balaban J connectivity index is 2.44. The number of thiocarbonyl (C=S) groups is 1. The number of benzene rings is 1. The van der Waals surface area contributed by atoms with Gasteiger partial charge in [-0.1, -0.05) is 30.2 Å². The highest BCUT2D eigenvalue weighted by molar-refractivity contribution is 7.89. The van der Waals surface area contributed by atoms with E-state index >= 15 is 0 Å². The Bertz CT molecular complexity index is 651. The van der Waals surface area contributed by atoms with E-state index in [1.54, 1.807) is 10.4 Å². The van der Waals surface area contributed by atoms with Crippen LogP contribution in [0.15, 0.2) is 23.1 Å². The van der Waals surface area contributed by atoms with Crippen LogP contribution in [0.1, 0.15) is 38.7 Å². The molecule has 1 fully saturated rings. The molecule has 116 valence electrons. The summed E-state index contributed by atoms with van der Waals surface area (Å²) in [6.07, 6.45) is 2.81. The van der Waals surface area contributed by atoms with Gasteiger partial charge in [-0.25, -0.2) is 8.42 Å². The molecule has 2 rings (SSSR count). The van der Waals surface area contributed by atoms with E-state index in [4.69, 9.17) is 29.6 Å². The minimum absolute atomic E-state index is 0.00668. The molecular formula is C14H19ClN2O2S2. The summed E-state index contributed by atoms with van der Waals surface area (Å²) in [7, 11) is -3.56. The topological polar surface area (TPSA) is 63.4 Å². The Labute approximate surface area is 136 Å². The molecule has 0 amide bonds. The molecule has 1 aromatic carbocycles. The molecule has 0 saturated carbocycles. The molecule has 0 aliphatic carbocycles. The fourth-order valence-corrected chi connectivity index (χ4v) is 5.34. The van der Waals surface area contributed by atoms with E-state index in [-0.39, 0.29) is 27.0 Å². The molecule has 1 saturated heterocycles. The molecule has 0 radical (unpaired) electrons. The molecule has 2 N–H and O–H groups in total. The normalized spacial score (nSPS) is 24.0. The van der Waals surface area contributed by atoms with E-state index in [0.717, 1.165) is 19.3 Å². The zero-order chi connectivity index (χ0) is 15.8. The van der Waals surface area contributed by atoms with E-state index in [1.807, 2.05) is 13.8 Å². The van der Waals surface area contributed by atoms with Gasteiger partial charge in [0.2, 0.25) is 10.0 Å². The van der Waals surface area contributed by atoms with Crippen molar-refractivity contribution in [3.63, 3.8) is 0 Å². The second-order valence-corrected chi connectivity index (χ2v) is 8.16. The van der Waals surface area contributed by atoms with Crippen LogP contribution in [0, 0.1) is 0 Å². The molecule has 0 bridgehead atoms. The van der Waals surface area contributed by atoms with E-state index in [2.05, 4.69) is 0 Å². The molecule has 7 heteroatoms. The van der Waals surface area contributed by atoms with Crippen molar-refractivity contribution < 1.29 is 8.42 Å². The first-order chi connectivity index (χ1) is 9.75. The van der Waals surface area contributed by atoms with Crippen LogP contribution in [0.2, 0.25) is 5.02 Å². The van der Waals surface area contributed by atoms with E-state index < -0.39 is 10.0 Å². The lowest BCUT2D eigenvalue weighted by Gasteiger charge is -2.37. The van der Waals surface area contributed by atoms with Crippen molar-refractivity contribution in [3.8, 4) is 0 Å². The lowest BCUT2D eigenvalue weighted by Crippen LogP contribution is -2.47. The standard InChI is InChI=1S/C14H19ClN2O2S2/c1-9-4-3-5-10(2)17(9)21(18,19)11-6-7-12(14(16)20)13(15)8-11/h6-10H,3-5H2,1-2H3,(H2,16,20)/t9-,10+. The average Bonchev–Trinajstić information content (AvgIpc) is 2.37. The van der Waals surface area contributed by atoms with Crippen LogP contribution in [-0.4, -0.2) is 29.8 Å². The largest absolute Gasteiger partial charge is 0.389 e. The van der Waals surface area contributed by atoms with Gasteiger partial charge >= 0.3 is 0 Å². The zero-order valence-corrected chi connectivity index (χ0v) is 14.4. The third-order valence-electron chi connectivity index (χ3n) is 3.89.